The molecule has 2 N–H and O–H groups in total. The van der Waals surface area contributed by atoms with Gasteiger partial charge in [0.1, 0.15) is 23.7 Å². The molecule has 0 aliphatic carbocycles. The molecule has 0 amide bonds. The molecule has 0 unspecified atom stereocenters. The zero-order valence-corrected chi connectivity index (χ0v) is 16.7. The Morgan fingerprint density at radius 1 is 1.24 bits per heavy atom. The Labute approximate surface area is 166 Å². The zero-order chi connectivity index (χ0) is 21.1. The number of rotatable bonds is 7. The molecular weight excluding hydrogens is 376 g/mol. The van der Waals surface area contributed by atoms with Gasteiger partial charge in [-0.05, 0) is 32.4 Å². The number of aromatic hydroxyl groups is 1. The summed E-state index contributed by atoms with van der Waals surface area (Å²) in [6.45, 7) is 6.28. The number of aryl methyl sites for hydroxylation is 3. The average Bonchev–Trinajstić information content (AvgIpc) is 3.06. The second-order valence-electron chi connectivity index (χ2n) is 6.81. The molecule has 0 spiro atoms. The first kappa shape index (κ1) is 20.4. The van der Waals surface area contributed by atoms with Gasteiger partial charge in [-0.2, -0.15) is 0 Å². The van der Waals surface area contributed by atoms with E-state index in [1.807, 2.05) is 13.8 Å². The van der Waals surface area contributed by atoms with Crippen molar-refractivity contribution in [3.05, 3.63) is 56.0 Å². The highest BCUT2D eigenvalue weighted by Gasteiger charge is 2.20. The van der Waals surface area contributed by atoms with Crippen molar-refractivity contribution in [2.45, 2.75) is 53.3 Å². The van der Waals surface area contributed by atoms with Crippen LogP contribution in [0, 0.1) is 6.92 Å². The van der Waals surface area contributed by atoms with Crippen LogP contribution in [-0.4, -0.2) is 30.2 Å². The van der Waals surface area contributed by atoms with Crippen molar-refractivity contribution < 1.29 is 14.6 Å². The van der Waals surface area contributed by atoms with Crippen LogP contribution in [0.2, 0.25) is 0 Å². The smallest absolute Gasteiger partial charge is 0.342 e. The number of nitrogens with zero attached hydrogens (tertiary/aromatic N) is 3. The van der Waals surface area contributed by atoms with Gasteiger partial charge in [0.05, 0.1) is 0 Å². The molecular formula is C20H24N4O5. The number of phenols is 1. The van der Waals surface area contributed by atoms with Crippen LogP contribution >= 0.6 is 0 Å². The number of carbonyl (C=O) groups is 1. The molecule has 1 aromatic carbocycles. The number of esters is 1. The van der Waals surface area contributed by atoms with E-state index in [4.69, 9.17) is 4.74 Å². The maximum Gasteiger partial charge on any atom is 0.342 e. The van der Waals surface area contributed by atoms with E-state index in [0.717, 1.165) is 18.4 Å². The number of hydrogen-bond donors (Lipinski definition) is 2. The first-order valence-corrected chi connectivity index (χ1v) is 9.56. The maximum atomic E-state index is 12.4. The molecule has 0 aliphatic heterocycles. The van der Waals surface area contributed by atoms with Crippen LogP contribution in [0.15, 0.2) is 27.8 Å². The van der Waals surface area contributed by atoms with E-state index in [-0.39, 0.29) is 29.1 Å². The van der Waals surface area contributed by atoms with Crippen molar-refractivity contribution in [1.29, 1.82) is 0 Å². The van der Waals surface area contributed by atoms with E-state index in [9.17, 15) is 19.5 Å². The Morgan fingerprint density at radius 3 is 2.69 bits per heavy atom. The van der Waals surface area contributed by atoms with Gasteiger partial charge in [-0.15, -0.1) is 0 Å². The lowest BCUT2D eigenvalue weighted by atomic mass is 10.1. The predicted molar refractivity (Wildman–Crippen MR) is 107 cm³/mol. The molecule has 0 saturated carbocycles. The van der Waals surface area contributed by atoms with Crippen molar-refractivity contribution in [2.24, 2.45) is 0 Å². The fraction of sp³-hybridized carbons (Fsp3) is 0.400. The van der Waals surface area contributed by atoms with Crippen LogP contribution < -0.4 is 11.2 Å². The Kier molecular flexibility index (Phi) is 5.86. The second kappa shape index (κ2) is 8.34. The van der Waals surface area contributed by atoms with Gasteiger partial charge in [-0.25, -0.2) is 14.6 Å². The minimum absolute atomic E-state index is 0.0573. The van der Waals surface area contributed by atoms with Gasteiger partial charge in [0.25, 0.3) is 5.56 Å². The molecule has 29 heavy (non-hydrogen) atoms. The molecule has 9 nitrogen and oxygen atoms in total. The fourth-order valence-corrected chi connectivity index (χ4v) is 3.21. The number of hydrogen-bond acceptors (Lipinski definition) is 6. The third-order valence-electron chi connectivity index (χ3n) is 4.72. The van der Waals surface area contributed by atoms with Gasteiger partial charge < -0.3 is 14.4 Å². The van der Waals surface area contributed by atoms with Gasteiger partial charge in [-0.3, -0.25) is 14.3 Å². The Morgan fingerprint density at radius 2 is 2.00 bits per heavy atom. The number of ether oxygens (including phenoxy) is 1. The molecule has 0 radical (unpaired) electrons. The minimum Gasteiger partial charge on any atom is -0.507 e. The van der Waals surface area contributed by atoms with E-state index in [1.54, 1.807) is 17.6 Å². The number of benzene rings is 1. The van der Waals surface area contributed by atoms with E-state index in [1.165, 1.54) is 16.7 Å². The number of unbranched alkanes of at least 4 members (excludes halogenated alkanes) is 1. The van der Waals surface area contributed by atoms with Gasteiger partial charge in [0, 0.05) is 13.1 Å². The second-order valence-corrected chi connectivity index (χ2v) is 6.81. The van der Waals surface area contributed by atoms with Crippen LogP contribution in [0.3, 0.4) is 0 Å². The molecule has 0 fully saturated rings. The lowest BCUT2D eigenvalue weighted by molar-refractivity contribution is 0.0455. The number of phenolic OH excluding ortho intramolecular Hbond substituents is 1. The van der Waals surface area contributed by atoms with E-state index in [0.29, 0.717) is 18.9 Å². The Bertz CT molecular complexity index is 1170. The Balaban J connectivity index is 1.98. The maximum absolute atomic E-state index is 12.4. The fourth-order valence-electron chi connectivity index (χ4n) is 3.21. The third kappa shape index (κ3) is 3.94. The first-order chi connectivity index (χ1) is 13.9. The number of fused-ring (bicyclic) bond motifs is 1. The van der Waals surface area contributed by atoms with Crippen LogP contribution in [0.4, 0.5) is 0 Å². The quantitative estimate of drug-likeness (QED) is 0.586. The number of nitrogens with one attached hydrogen (secondary N) is 1. The molecule has 3 aromatic rings. The van der Waals surface area contributed by atoms with Gasteiger partial charge in [0.15, 0.2) is 11.2 Å². The van der Waals surface area contributed by atoms with Crippen LogP contribution in [0.1, 0.15) is 48.4 Å². The standard InChI is InChI=1S/C20H24N4O5/c1-4-6-9-24-17-16(18(26)22-20(24)28)23(5-2)15(21-17)11-29-19(27)13-10-12(3)7-8-14(13)25/h7-8,10,25H,4-6,9,11H2,1-3H3,(H,22,26,28). The number of carbonyl (C=O) groups excluding carboxylic acids is 1. The molecule has 0 saturated heterocycles. The SMILES string of the molecule is CCCCn1c(=O)[nH]c(=O)c2c1nc(COC(=O)c1cc(C)ccc1O)n2CC. The molecule has 154 valence electrons. The lowest BCUT2D eigenvalue weighted by Gasteiger charge is -2.08. The zero-order valence-electron chi connectivity index (χ0n) is 16.7. The lowest BCUT2D eigenvalue weighted by Crippen LogP contribution is -2.31. The summed E-state index contributed by atoms with van der Waals surface area (Å²) in [5.41, 5.74) is 0.376. The minimum atomic E-state index is -0.696. The van der Waals surface area contributed by atoms with Gasteiger partial charge in [-0.1, -0.05) is 25.0 Å². The summed E-state index contributed by atoms with van der Waals surface area (Å²) in [6.07, 6.45) is 1.64. The Hall–Kier alpha value is -3.36. The number of aromatic amines is 1. The highest BCUT2D eigenvalue weighted by Crippen LogP contribution is 2.20. The molecule has 0 atom stereocenters. The predicted octanol–water partition coefficient (Wildman–Crippen LogP) is 2.08. The summed E-state index contributed by atoms with van der Waals surface area (Å²) in [4.78, 5) is 43.8. The summed E-state index contributed by atoms with van der Waals surface area (Å²) in [7, 11) is 0. The number of aromatic nitrogens is 4. The highest BCUT2D eigenvalue weighted by molar-refractivity contribution is 5.92. The van der Waals surface area contributed by atoms with Crippen molar-refractivity contribution >= 4 is 17.1 Å². The summed E-state index contributed by atoms with van der Waals surface area (Å²) in [6, 6.07) is 4.65. The largest absolute Gasteiger partial charge is 0.507 e. The van der Waals surface area contributed by atoms with Crippen LogP contribution in [0.25, 0.3) is 11.2 Å². The molecule has 9 heteroatoms. The monoisotopic (exact) mass is 400 g/mol. The van der Waals surface area contributed by atoms with Crippen molar-refractivity contribution in [2.75, 3.05) is 0 Å². The van der Waals surface area contributed by atoms with Gasteiger partial charge in [0.2, 0.25) is 0 Å². The molecule has 0 aliphatic rings. The first-order valence-electron chi connectivity index (χ1n) is 9.56. The topological polar surface area (TPSA) is 119 Å². The summed E-state index contributed by atoms with van der Waals surface area (Å²) in [5, 5.41) is 9.90. The highest BCUT2D eigenvalue weighted by atomic mass is 16.5. The van der Waals surface area contributed by atoms with Crippen molar-refractivity contribution in [3.8, 4) is 5.75 Å². The van der Waals surface area contributed by atoms with Crippen LogP contribution in [-0.2, 0) is 24.4 Å². The van der Waals surface area contributed by atoms with Gasteiger partial charge >= 0.3 is 11.7 Å². The molecule has 2 heterocycles. The summed E-state index contributed by atoms with van der Waals surface area (Å²) >= 11 is 0. The average molecular weight is 400 g/mol. The normalized spacial score (nSPS) is 11.1. The van der Waals surface area contributed by atoms with E-state index >= 15 is 0 Å². The summed E-state index contributed by atoms with van der Waals surface area (Å²) in [5.74, 6) is -0.517. The number of imidazole rings is 1. The molecule has 2 aromatic heterocycles. The van der Waals surface area contributed by atoms with E-state index < -0.39 is 17.2 Å². The number of H-pyrrole nitrogens is 1. The molecule has 3 rings (SSSR count). The van der Waals surface area contributed by atoms with Crippen molar-refractivity contribution in [3.63, 3.8) is 0 Å². The van der Waals surface area contributed by atoms with Crippen LogP contribution in [0.5, 0.6) is 5.75 Å². The van der Waals surface area contributed by atoms with Crippen molar-refractivity contribution in [1.82, 2.24) is 19.1 Å². The van der Waals surface area contributed by atoms with E-state index in [2.05, 4.69) is 9.97 Å². The third-order valence-corrected chi connectivity index (χ3v) is 4.72. The molecule has 0 bridgehead atoms. The summed E-state index contributed by atoms with van der Waals surface area (Å²) < 4.78 is 8.39.